The minimum absolute atomic E-state index is 0.00554. The van der Waals surface area contributed by atoms with Crippen LogP contribution < -0.4 is 4.57 Å². The molecule has 37 heavy (non-hydrogen) atoms. The van der Waals surface area contributed by atoms with Crippen molar-refractivity contribution < 1.29 is 4.57 Å². The van der Waals surface area contributed by atoms with Crippen LogP contribution in [0.4, 0.5) is 0 Å². The van der Waals surface area contributed by atoms with Gasteiger partial charge >= 0.3 is 0 Å². The Labute approximate surface area is 221 Å². The number of benzene rings is 3. The molecular weight excluding hydrogens is 450 g/mol. The Balaban J connectivity index is 1.59. The summed E-state index contributed by atoms with van der Waals surface area (Å²) in [6.07, 6.45) is 10.4. The summed E-state index contributed by atoms with van der Waals surface area (Å²) < 4.78 is 7.32. The molecule has 0 N–H and O–H groups in total. The molecule has 2 atom stereocenters. The van der Waals surface area contributed by atoms with Gasteiger partial charge in [-0.15, -0.1) is 0 Å². The van der Waals surface area contributed by atoms with E-state index in [1.807, 2.05) is 0 Å². The van der Waals surface area contributed by atoms with Gasteiger partial charge in [0.2, 0.25) is 0 Å². The van der Waals surface area contributed by atoms with Crippen molar-refractivity contribution in [3.8, 4) is 17.1 Å². The Morgan fingerprint density at radius 2 is 1.57 bits per heavy atom. The van der Waals surface area contributed by atoms with E-state index in [1.54, 1.807) is 0 Å². The average molecular weight is 491 g/mol. The maximum Gasteiger partial charge on any atom is 0.294 e. The number of fused-ring (bicyclic) bond motifs is 6. The molecule has 0 radical (unpaired) electrons. The Kier molecular flexibility index (Phi) is 5.60. The molecule has 2 aromatic heterocycles. The van der Waals surface area contributed by atoms with Crippen LogP contribution in [0, 0.1) is 0 Å². The van der Waals surface area contributed by atoms with E-state index in [0.29, 0.717) is 0 Å². The fraction of sp³-hybridized carbons (Fsp3) is 0.382. The van der Waals surface area contributed by atoms with Crippen molar-refractivity contribution in [3.05, 3.63) is 84.2 Å². The molecule has 6 rings (SSSR count). The van der Waals surface area contributed by atoms with E-state index >= 15 is 0 Å². The lowest BCUT2D eigenvalue weighted by Gasteiger charge is -2.47. The molecule has 1 aliphatic heterocycles. The normalized spacial score (nSPS) is 20.9. The summed E-state index contributed by atoms with van der Waals surface area (Å²) in [5.41, 5.74) is 8.13. The number of aryl methyl sites for hydroxylation is 2. The van der Waals surface area contributed by atoms with Crippen LogP contribution in [-0.4, -0.2) is 9.13 Å². The molecule has 3 aromatic carbocycles. The van der Waals surface area contributed by atoms with Crippen LogP contribution in [0.2, 0.25) is 0 Å². The van der Waals surface area contributed by atoms with Gasteiger partial charge in [-0.1, -0.05) is 58.4 Å². The van der Waals surface area contributed by atoms with Gasteiger partial charge < -0.3 is 4.57 Å². The van der Waals surface area contributed by atoms with E-state index in [0.717, 1.165) is 19.3 Å². The summed E-state index contributed by atoms with van der Waals surface area (Å²) in [5.74, 6) is 1.29. The Bertz CT molecular complexity index is 1630. The van der Waals surface area contributed by atoms with Gasteiger partial charge in [-0.2, -0.15) is 4.57 Å². The largest absolute Gasteiger partial charge is 0.344 e. The summed E-state index contributed by atoms with van der Waals surface area (Å²) in [6.45, 7) is 11.9. The molecule has 0 spiro atoms. The van der Waals surface area contributed by atoms with Crippen LogP contribution in [0.15, 0.2) is 73.1 Å². The molecule has 0 bridgehead atoms. The SMILES string of the molecule is CCCCc1ccc2c(c1)c1cc(-n3cc[n+]4c3-c3ccccc3C(C)(CC)C4(C)CC)ccc1n2C. The second-order valence-electron chi connectivity index (χ2n) is 11.4. The smallest absolute Gasteiger partial charge is 0.294 e. The fourth-order valence-corrected chi connectivity index (χ4v) is 7.04. The Hall–Kier alpha value is -3.33. The molecule has 3 nitrogen and oxygen atoms in total. The van der Waals surface area contributed by atoms with Gasteiger partial charge in [-0.25, -0.2) is 4.57 Å². The van der Waals surface area contributed by atoms with E-state index < -0.39 is 0 Å². The highest BCUT2D eigenvalue weighted by Crippen LogP contribution is 2.49. The molecule has 0 saturated carbocycles. The topological polar surface area (TPSA) is 13.7 Å². The highest BCUT2D eigenvalue weighted by Gasteiger charge is 2.55. The van der Waals surface area contributed by atoms with Crippen LogP contribution in [0.5, 0.6) is 0 Å². The second-order valence-corrected chi connectivity index (χ2v) is 11.4. The number of hydrogen-bond acceptors (Lipinski definition) is 0. The molecule has 0 saturated heterocycles. The van der Waals surface area contributed by atoms with Crippen molar-refractivity contribution in [2.24, 2.45) is 7.05 Å². The van der Waals surface area contributed by atoms with Crippen LogP contribution in [0.25, 0.3) is 38.9 Å². The predicted molar refractivity (Wildman–Crippen MR) is 156 cm³/mol. The van der Waals surface area contributed by atoms with Gasteiger partial charge in [-0.3, -0.25) is 0 Å². The van der Waals surface area contributed by atoms with Gasteiger partial charge in [0, 0.05) is 34.3 Å². The Morgan fingerprint density at radius 3 is 2.30 bits per heavy atom. The lowest BCUT2D eigenvalue weighted by Crippen LogP contribution is -2.67. The van der Waals surface area contributed by atoms with E-state index in [4.69, 9.17) is 0 Å². The zero-order valence-electron chi connectivity index (χ0n) is 23.3. The minimum atomic E-state index is -0.00554. The molecule has 0 amide bonds. The fourth-order valence-electron chi connectivity index (χ4n) is 7.04. The molecule has 0 aliphatic carbocycles. The van der Waals surface area contributed by atoms with Crippen LogP contribution >= 0.6 is 0 Å². The minimum Gasteiger partial charge on any atom is -0.344 e. The van der Waals surface area contributed by atoms with Crippen molar-refractivity contribution >= 4 is 21.8 Å². The first-order valence-corrected chi connectivity index (χ1v) is 14.1. The number of hydrogen-bond donors (Lipinski definition) is 0. The quantitative estimate of drug-likeness (QED) is 0.213. The monoisotopic (exact) mass is 490 g/mol. The van der Waals surface area contributed by atoms with Gasteiger partial charge in [0.05, 0.1) is 5.56 Å². The number of unbranched alkanes of at least 4 members (excludes halogenated alkanes) is 1. The van der Waals surface area contributed by atoms with E-state index in [9.17, 15) is 0 Å². The summed E-state index contributed by atoms with van der Waals surface area (Å²) in [6, 6.07) is 23.1. The molecular formula is C34H40N3+. The summed E-state index contributed by atoms with van der Waals surface area (Å²) in [4.78, 5) is 0. The highest BCUT2D eigenvalue weighted by molar-refractivity contribution is 6.08. The zero-order valence-corrected chi connectivity index (χ0v) is 23.3. The third-order valence-electron chi connectivity index (χ3n) is 9.85. The molecule has 190 valence electrons. The van der Waals surface area contributed by atoms with Crippen molar-refractivity contribution in [2.45, 2.75) is 77.7 Å². The average Bonchev–Trinajstić information content (AvgIpc) is 3.50. The van der Waals surface area contributed by atoms with Crippen LogP contribution in [0.3, 0.4) is 0 Å². The maximum atomic E-state index is 2.56. The van der Waals surface area contributed by atoms with Crippen LogP contribution in [-0.2, 0) is 24.4 Å². The number of imidazole rings is 1. The molecule has 5 aromatic rings. The first kappa shape index (κ1) is 24.0. The third-order valence-corrected chi connectivity index (χ3v) is 9.85. The number of nitrogens with zero attached hydrogens (tertiary/aromatic N) is 3. The van der Waals surface area contributed by atoms with E-state index in [1.165, 1.54) is 62.8 Å². The van der Waals surface area contributed by atoms with Crippen molar-refractivity contribution in [1.82, 2.24) is 9.13 Å². The zero-order chi connectivity index (χ0) is 25.9. The van der Waals surface area contributed by atoms with Crippen molar-refractivity contribution in [2.75, 3.05) is 0 Å². The van der Waals surface area contributed by atoms with Gasteiger partial charge in [0.15, 0.2) is 0 Å². The van der Waals surface area contributed by atoms with Crippen molar-refractivity contribution in [1.29, 1.82) is 0 Å². The summed E-state index contributed by atoms with van der Waals surface area (Å²) in [5, 5.41) is 2.69. The van der Waals surface area contributed by atoms with Gasteiger partial charge in [-0.05, 0) is 80.1 Å². The summed E-state index contributed by atoms with van der Waals surface area (Å²) >= 11 is 0. The van der Waals surface area contributed by atoms with Crippen molar-refractivity contribution in [3.63, 3.8) is 0 Å². The standard InChI is InChI=1S/C34H40N3/c1-7-10-13-24-16-18-30-27(22-24)28-23-25(17-19-31(28)35(30)6)36-20-21-37-32(36)26-14-11-12-15-29(26)33(4,8-2)34(37,5)9-3/h11-12,14-23H,7-10,13H2,1-6H3/q+1. The lowest BCUT2D eigenvalue weighted by atomic mass is 9.61. The molecule has 3 heterocycles. The predicted octanol–water partition coefficient (Wildman–Crippen LogP) is 8.23. The number of aromatic nitrogens is 3. The Morgan fingerprint density at radius 1 is 0.838 bits per heavy atom. The molecule has 1 aliphatic rings. The second kappa shape index (κ2) is 8.62. The number of rotatable bonds is 6. The van der Waals surface area contributed by atoms with Gasteiger partial charge in [0.25, 0.3) is 5.82 Å². The first-order valence-electron chi connectivity index (χ1n) is 14.1. The molecule has 0 fully saturated rings. The van der Waals surface area contributed by atoms with E-state index in [2.05, 4.69) is 128 Å². The lowest BCUT2D eigenvalue weighted by molar-refractivity contribution is -0.764. The van der Waals surface area contributed by atoms with Gasteiger partial charge in [0.1, 0.15) is 23.6 Å². The molecule has 3 heteroatoms. The highest BCUT2D eigenvalue weighted by atomic mass is 15.2. The summed E-state index contributed by atoms with van der Waals surface area (Å²) in [7, 11) is 2.19. The van der Waals surface area contributed by atoms with Crippen LogP contribution in [0.1, 0.15) is 71.4 Å². The third kappa shape index (κ3) is 3.22. The van der Waals surface area contributed by atoms with E-state index in [-0.39, 0.29) is 11.0 Å². The molecule has 2 unspecified atom stereocenters. The maximum absolute atomic E-state index is 2.56. The first-order chi connectivity index (χ1) is 17.9.